The maximum atomic E-state index is 12.2. The molecule has 0 aliphatic carbocycles. The summed E-state index contributed by atoms with van der Waals surface area (Å²) in [6.45, 7) is 3.46. The van der Waals surface area contributed by atoms with Crippen LogP contribution in [0.2, 0.25) is 0 Å². The maximum Gasteiger partial charge on any atom is 0.306 e. The molecule has 0 aliphatic rings. The van der Waals surface area contributed by atoms with E-state index in [1.807, 2.05) is 26.0 Å². The third kappa shape index (κ3) is 9.10. The Morgan fingerprint density at radius 1 is 0.811 bits per heavy atom. The van der Waals surface area contributed by atoms with Crippen molar-refractivity contribution in [2.45, 2.75) is 33.1 Å². The van der Waals surface area contributed by atoms with Gasteiger partial charge in [-0.05, 0) is 73.9 Å². The zero-order valence-electron chi connectivity index (χ0n) is 20.5. The van der Waals surface area contributed by atoms with Crippen molar-refractivity contribution < 1.29 is 28.8 Å². The van der Waals surface area contributed by atoms with Crippen molar-refractivity contribution in [2.24, 2.45) is 0 Å². The van der Waals surface area contributed by atoms with Gasteiger partial charge in [0.05, 0.1) is 4.92 Å². The van der Waals surface area contributed by atoms with E-state index < -0.39 is 23.4 Å². The van der Waals surface area contributed by atoms with E-state index in [2.05, 4.69) is 16.7 Å². The average Bonchev–Trinajstić information content (AvgIpc) is 2.83. The predicted molar refractivity (Wildman–Crippen MR) is 138 cm³/mol. The number of nitrogens with zero attached hydrogens (tertiary/aromatic N) is 1. The van der Waals surface area contributed by atoms with E-state index in [0.717, 1.165) is 16.9 Å². The van der Waals surface area contributed by atoms with Crippen LogP contribution in [-0.4, -0.2) is 29.3 Å². The molecule has 0 aliphatic heterocycles. The largest absolute Gasteiger partial charge is 0.457 e. The first kappa shape index (κ1) is 26.9. The van der Waals surface area contributed by atoms with Gasteiger partial charge in [0.2, 0.25) is 5.91 Å². The number of anilines is 2. The van der Waals surface area contributed by atoms with Gasteiger partial charge in [0.1, 0.15) is 11.5 Å². The van der Waals surface area contributed by atoms with Gasteiger partial charge in [-0.2, -0.15) is 0 Å². The molecule has 0 spiro atoms. The van der Waals surface area contributed by atoms with Gasteiger partial charge in [-0.15, -0.1) is 0 Å². The molecule has 3 aromatic rings. The molecule has 0 aromatic heterocycles. The summed E-state index contributed by atoms with van der Waals surface area (Å²) in [5.41, 5.74) is 2.85. The summed E-state index contributed by atoms with van der Waals surface area (Å²) in [5, 5.41) is 16.0. The van der Waals surface area contributed by atoms with Gasteiger partial charge in [-0.1, -0.05) is 12.1 Å². The first-order valence-electron chi connectivity index (χ1n) is 11.5. The number of hydrogen-bond donors (Lipinski definition) is 2. The monoisotopic (exact) mass is 505 g/mol. The topological polar surface area (TPSA) is 137 Å². The lowest BCUT2D eigenvalue weighted by Crippen LogP contribution is -2.21. The number of ether oxygens (including phenoxy) is 2. The quantitative estimate of drug-likeness (QED) is 0.205. The Kier molecular flexibility index (Phi) is 9.31. The molecular weight excluding hydrogens is 478 g/mol. The number of aryl methyl sites for hydroxylation is 2. The highest BCUT2D eigenvalue weighted by Gasteiger charge is 2.12. The lowest BCUT2D eigenvalue weighted by molar-refractivity contribution is -0.384. The van der Waals surface area contributed by atoms with Crippen LogP contribution in [0.3, 0.4) is 0 Å². The minimum atomic E-state index is -0.630. The second kappa shape index (κ2) is 12.8. The molecule has 0 atom stereocenters. The maximum absolute atomic E-state index is 12.2. The molecule has 37 heavy (non-hydrogen) atoms. The highest BCUT2D eigenvalue weighted by Crippen LogP contribution is 2.25. The van der Waals surface area contributed by atoms with Crippen molar-refractivity contribution >= 4 is 34.8 Å². The minimum Gasteiger partial charge on any atom is -0.457 e. The van der Waals surface area contributed by atoms with Crippen molar-refractivity contribution in [3.8, 4) is 11.5 Å². The molecule has 0 bridgehead atoms. The van der Waals surface area contributed by atoms with E-state index in [1.165, 1.54) is 24.3 Å². The highest BCUT2D eigenvalue weighted by atomic mass is 16.6. The third-order valence-corrected chi connectivity index (χ3v) is 5.06. The second-order valence-corrected chi connectivity index (χ2v) is 8.37. The van der Waals surface area contributed by atoms with Crippen LogP contribution < -0.4 is 15.4 Å². The van der Waals surface area contributed by atoms with Crippen molar-refractivity contribution in [1.82, 2.24) is 0 Å². The van der Waals surface area contributed by atoms with E-state index in [-0.39, 0.29) is 36.5 Å². The molecule has 0 saturated carbocycles. The van der Waals surface area contributed by atoms with Crippen molar-refractivity contribution in [1.29, 1.82) is 0 Å². The number of carbonyl (C=O) groups is 3. The third-order valence-electron chi connectivity index (χ3n) is 5.06. The van der Waals surface area contributed by atoms with Gasteiger partial charge in [-0.25, -0.2) is 0 Å². The fraction of sp³-hybridized carbons (Fsp3) is 0.222. The molecule has 0 heterocycles. The standard InChI is InChI=1S/C27H27N3O7/c1-18-13-19(2)15-24(14-18)37-23-11-9-20(10-12-23)28-25(31)7-4-8-27(33)36-17-26(32)29-21-5-3-6-22(16-21)30(34)35/h3,5-6,9-16H,4,7-8,17H2,1-2H3,(H,28,31)(H,29,32). The Labute approximate surface area is 213 Å². The van der Waals surface area contributed by atoms with E-state index in [1.54, 1.807) is 24.3 Å². The molecule has 10 nitrogen and oxygen atoms in total. The molecule has 2 N–H and O–H groups in total. The number of rotatable bonds is 11. The number of amides is 2. The summed E-state index contributed by atoms with van der Waals surface area (Å²) in [7, 11) is 0. The van der Waals surface area contributed by atoms with Crippen LogP contribution in [0.25, 0.3) is 0 Å². The number of nitrogens with one attached hydrogen (secondary N) is 2. The number of non-ortho nitro benzene ring substituents is 1. The molecule has 192 valence electrons. The van der Waals surface area contributed by atoms with Gasteiger partial charge in [0.25, 0.3) is 11.6 Å². The predicted octanol–water partition coefficient (Wildman–Crippen LogP) is 5.29. The van der Waals surface area contributed by atoms with Crippen LogP contribution in [0.1, 0.15) is 30.4 Å². The first-order valence-corrected chi connectivity index (χ1v) is 11.5. The van der Waals surface area contributed by atoms with Crippen LogP contribution >= 0.6 is 0 Å². The van der Waals surface area contributed by atoms with Crippen LogP contribution in [0.5, 0.6) is 11.5 Å². The summed E-state index contributed by atoms with van der Waals surface area (Å²) in [5.74, 6) is -0.145. The van der Waals surface area contributed by atoms with Crippen molar-refractivity contribution in [2.75, 3.05) is 17.2 Å². The molecule has 2 amide bonds. The number of hydrogen-bond acceptors (Lipinski definition) is 7. The van der Waals surface area contributed by atoms with E-state index in [9.17, 15) is 24.5 Å². The number of benzene rings is 3. The fourth-order valence-electron chi connectivity index (χ4n) is 3.46. The summed E-state index contributed by atoms with van der Waals surface area (Å²) >= 11 is 0. The molecule has 0 radical (unpaired) electrons. The fourth-order valence-corrected chi connectivity index (χ4v) is 3.46. The van der Waals surface area contributed by atoms with Crippen molar-refractivity contribution in [3.63, 3.8) is 0 Å². The van der Waals surface area contributed by atoms with Crippen LogP contribution in [0.15, 0.2) is 66.7 Å². The molecule has 10 heteroatoms. The molecule has 0 fully saturated rings. The normalized spacial score (nSPS) is 10.3. The van der Waals surface area contributed by atoms with Gasteiger partial charge < -0.3 is 20.1 Å². The summed E-state index contributed by atoms with van der Waals surface area (Å²) in [6, 6.07) is 18.3. The Balaban J connectivity index is 1.35. The first-order chi connectivity index (χ1) is 17.7. The lowest BCUT2D eigenvalue weighted by atomic mass is 10.1. The summed E-state index contributed by atoms with van der Waals surface area (Å²) in [6.07, 6.45) is 0.293. The van der Waals surface area contributed by atoms with Crippen LogP contribution in [0.4, 0.5) is 17.1 Å². The second-order valence-electron chi connectivity index (χ2n) is 8.37. The number of carbonyl (C=O) groups excluding carboxylic acids is 3. The van der Waals surface area contributed by atoms with E-state index >= 15 is 0 Å². The number of nitro benzene ring substituents is 1. The van der Waals surface area contributed by atoms with E-state index in [4.69, 9.17) is 9.47 Å². The summed E-state index contributed by atoms with van der Waals surface area (Å²) < 4.78 is 10.8. The van der Waals surface area contributed by atoms with Crippen LogP contribution in [-0.2, 0) is 19.1 Å². The molecular formula is C27H27N3O7. The van der Waals surface area contributed by atoms with Gasteiger partial charge in [0.15, 0.2) is 6.61 Å². The van der Waals surface area contributed by atoms with Crippen LogP contribution in [0, 0.1) is 24.0 Å². The SMILES string of the molecule is Cc1cc(C)cc(Oc2ccc(NC(=O)CCCC(=O)OCC(=O)Nc3cccc([N+](=O)[O-])c3)cc2)c1. The highest BCUT2D eigenvalue weighted by molar-refractivity contribution is 5.93. The lowest BCUT2D eigenvalue weighted by Gasteiger charge is -2.10. The van der Waals surface area contributed by atoms with Crippen molar-refractivity contribution in [3.05, 3.63) is 88.0 Å². The average molecular weight is 506 g/mol. The number of nitro groups is 1. The summed E-state index contributed by atoms with van der Waals surface area (Å²) in [4.78, 5) is 46.2. The Bertz CT molecular complexity index is 1270. The smallest absolute Gasteiger partial charge is 0.306 e. The molecule has 3 aromatic carbocycles. The van der Waals surface area contributed by atoms with Gasteiger partial charge in [0, 0.05) is 36.3 Å². The van der Waals surface area contributed by atoms with Gasteiger partial charge >= 0.3 is 5.97 Å². The van der Waals surface area contributed by atoms with Gasteiger partial charge in [-0.3, -0.25) is 24.5 Å². The molecule has 0 unspecified atom stereocenters. The minimum absolute atomic E-state index is 0.0415. The number of esters is 1. The Morgan fingerprint density at radius 2 is 1.49 bits per heavy atom. The molecule has 3 rings (SSSR count). The molecule has 0 saturated heterocycles. The van der Waals surface area contributed by atoms with E-state index in [0.29, 0.717) is 11.4 Å². The zero-order chi connectivity index (χ0) is 26.8. The Hall–Kier alpha value is -4.73. The Morgan fingerprint density at radius 3 is 2.16 bits per heavy atom. The zero-order valence-corrected chi connectivity index (χ0v) is 20.5.